The number of aromatic amines is 1. The van der Waals surface area contributed by atoms with Crippen LogP contribution in [-0.2, 0) is 0 Å². The number of furan rings is 1. The van der Waals surface area contributed by atoms with Crippen molar-refractivity contribution < 1.29 is 9.21 Å². The fourth-order valence-electron chi connectivity index (χ4n) is 3.99. The lowest BCUT2D eigenvalue weighted by atomic mass is 9.77. The summed E-state index contributed by atoms with van der Waals surface area (Å²) in [5, 5.41) is 0. The molecule has 3 N–H and O–H groups in total. The van der Waals surface area contributed by atoms with Crippen LogP contribution in [-0.4, -0.2) is 32.9 Å². The predicted octanol–water partition coefficient (Wildman–Crippen LogP) is 2.88. The van der Waals surface area contributed by atoms with Crippen LogP contribution in [0.3, 0.4) is 0 Å². The van der Waals surface area contributed by atoms with Crippen LogP contribution in [0.25, 0.3) is 11.1 Å². The van der Waals surface area contributed by atoms with E-state index in [1.54, 1.807) is 12.3 Å². The van der Waals surface area contributed by atoms with Crippen LogP contribution in [0.2, 0.25) is 0 Å². The maximum Gasteiger partial charge on any atom is 0.271 e. The van der Waals surface area contributed by atoms with Gasteiger partial charge in [-0.15, -0.1) is 0 Å². The smallest absolute Gasteiger partial charge is 0.271 e. The molecule has 3 heterocycles. The van der Waals surface area contributed by atoms with E-state index >= 15 is 0 Å². The van der Waals surface area contributed by atoms with Crippen LogP contribution in [0.5, 0.6) is 0 Å². The first-order chi connectivity index (χ1) is 9.71. The van der Waals surface area contributed by atoms with Crippen molar-refractivity contribution in [1.82, 2.24) is 9.88 Å². The van der Waals surface area contributed by atoms with Gasteiger partial charge >= 0.3 is 0 Å². The maximum atomic E-state index is 13.0. The van der Waals surface area contributed by atoms with Crippen LogP contribution in [0, 0.1) is 0 Å². The van der Waals surface area contributed by atoms with Gasteiger partial charge in [0.15, 0.2) is 5.58 Å². The Labute approximate surface area is 124 Å². The van der Waals surface area contributed by atoms with Crippen molar-refractivity contribution in [3.05, 3.63) is 24.1 Å². The number of likely N-dealkylation sites (tertiary alicyclic amines) is 1. The molecule has 21 heavy (non-hydrogen) atoms. The Balaban J connectivity index is 2.00. The van der Waals surface area contributed by atoms with Crippen molar-refractivity contribution in [2.45, 2.75) is 57.7 Å². The van der Waals surface area contributed by atoms with E-state index in [1.807, 2.05) is 11.0 Å². The van der Waals surface area contributed by atoms with Gasteiger partial charge in [-0.1, -0.05) is 0 Å². The third-order valence-corrected chi connectivity index (χ3v) is 4.41. The molecule has 1 fully saturated rings. The second-order valence-corrected chi connectivity index (χ2v) is 7.32. The lowest BCUT2D eigenvalue weighted by Gasteiger charge is -2.54. The molecule has 0 spiro atoms. The number of carbonyl (C=O) groups is 1. The Bertz CT molecular complexity index is 634. The summed E-state index contributed by atoms with van der Waals surface area (Å²) in [6.45, 7) is 8.33. The number of fused-ring (bicyclic) bond motifs is 1. The first-order valence-electron chi connectivity index (χ1n) is 7.37. The summed E-state index contributed by atoms with van der Waals surface area (Å²) >= 11 is 0. The van der Waals surface area contributed by atoms with Crippen molar-refractivity contribution in [3.63, 3.8) is 0 Å². The number of H-pyrrole nitrogens is 1. The number of amides is 1. The van der Waals surface area contributed by atoms with E-state index in [1.165, 1.54) is 0 Å². The minimum Gasteiger partial charge on any atom is -0.463 e. The fraction of sp³-hybridized carbons (Fsp3) is 0.562. The van der Waals surface area contributed by atoms with Crippen molar-refractivity contribution >= 4 is 17.0 Å². The number of piperidine rings is 1. The van der Waals surface area contributed by atoms with Crippen LogP contribution in [0.15, 0.2) is 22.8 Å². The Morgan fingerprint density at radius 2 is 1.95 bits per heavy atom. The van der Waals surface area contributed by atoms with E-state index < -0.39 is 0 Å². The van der Waals surface area contributed by atoms with Crippen LogP contribution in [0.1, 0.15) is 51.0 Å². The molecule has 1 aliphatic heterocycles. The minimum absolute atomic E-state index is 0.00306. The van der Waals surface area contributed by atoms with Gasteiger partial charge in [-0.25, -0.2) is 0 Å². The summed E-state index contributed by atoms with van der Waals surface area (Å²) in [5.41, 5.74) is 7.76. The van der Waals surface area contributed by atoms with Crippen molar-refractivity contribution in [2.75, 3.05) is 0 Å². The normalized spacial score (nSPS) is 21.9. The first-order valence-corrected chi connectivity index (χ1v) is 7.37. The third kappa shape index (κ3) is 2.25. The van der Waals surface area contributed by atoms with E-state index in [0.717, 1.165) is 18.4 Å². The molecule has 0 aromatic carbocycles. The number of hydrogen-bond acceptors (Lipinski definition) is 3. The molecule has 5 nitrogen and oxygen atoms in total. The molecule has 0 aliphatic carbocycles. The number of rotatable bonds is 1. The summed E-state index contributed by atoms with van der Waals surface area (Å²) in [5.74, 6) is 0.00306. The molecule has 2 aromatic rings. The SMILES string of the molecule is CC1(C)CC(N)CC(C)(C)N1C(=O)c1cc2occc2[nH]1. The molecule has 0 atom stereocenters. The molecule has 3 rings (SSSR count). The fourth-order valence-corrected chi connectivity index (χ4v) is 3.99. The largest absolute Gasteiger partial charge is 0.463 e. The first kappa shape index (κ1) is 14.2. The van der Waals surface area contributed by atoms with Gasteiger partial charge in [0.1, 0.15) is 5.69 Å². The van der Waals surface area contributed by atoms with Crippen molar-refractivity contribution in [2.24, 2.45) is 5.73 Å². The molecule has 1 amide bonds. The monoisotopic (exact) mass is 289 g/mol. The molecule has 1 aliphatic rings. The van der Waals surface area contributed by atoms with E-state index in [-0.39, 0.29) is 23.0 Å². The van der Waals surface area contributed by atoms with Gasteiger partial charge in [0, 0.05) is 29.3 Å². The highest BCUT2D eigenvalue weighted by molar-refractivity contribution is 5.97. The summed E-state index contributed by atoms with van der Waals surface area (Å²) in [7, 11) is 0. The molecule has 0 radical (unpaired) electrons. The number of aromatic nitrogens is 1. The number of nitrogens with one attached hydrogen (secondary N) is 1. The minimum atomic E-state index is -0.273. The van der Waals surface area contributed by atoms with E-state index in [4.69, 9.17) is 10.2 Å². The van der Waals surface area contributed by atoms with E-state index in [0.29, 0.717) is 11.3 Å². The van der Waals surface area contributed by atoms with Crippen molar-refractivity contribution in [3.8, 4) is 0 Å². The molecular weight excluding hydrogens is 266 g/mol. The average molecular weight is 289 g/mol. The summed E-state index contributed by atoms with van der Waals surface area (Å²) in [6, 6.07) is 3.73. The zero-order chi connectivity index (χ0) is 15.4. The van der Waals surface area contributed by atoms with Gasteiger partial charge in [0.05, 0.1) is 11.8 Å². The zero-order valence-electron chi connectivity index (χ0n) is 13.1. The molecule has 2 aromatic heterocycles. The Morgan fingerprint density at radius 1 is 1.33 bits per heavy atom. The second-order valence-electron chi connectivity index (χ2n) is 7.32. The van der Waals surface area contributed by atoms with E-state index in [9.17, 15) is 4.79 Å². The Kier molecular flexibility index (Phi) is 2.95. The molecule has 5 heteroatoms. The predicted molar refractivity (Wildman–Crippen MR) is 82.1 cm³/mol. The summed E-state index contributed by atoms with van der Waals surface area (Å²) in [4.78, 5) is 18.1. The van der Waals surface area contributed by atoms with E-state index in [2.05, 4.69) is 32.7 Å². The topological polar surface area (TPSA) is 75.3 Å². The zero-order valence-corrected chi connectivity index (χ0v) is 13.1. The lowest BCUT2D eigenvalue weighted by Crippen LogP contribution is -2.65. The number of nitrogens with two attached hydrogens (primary N) is 1. The highest BCUT2D eigenvalue weighted by atomic mass is 16.3. The molecular formula is C16H23N3O2. The second kappa shape index (κ2) is 4.37. The Hall–Kier alpha value is -1.75. The number of carbonyl (C=O) groups excluding carboxylic acids is 1. The quantitative estimate of drug-likeness (QED) is 0.847. The molecule has 0 saturated carbocycles. The maximum absolute atomic E-state index is 13.0. The third-order valence-electron chi connectivity index (χ3n) is 4.41. The Morgan fingerprint density at radius 3 is 2.52 bits per heavy atom. The van der Waals surface area contributed by atoms with Gasteiger partial charge in [-0.05, 0) is 40.5 Å². The van der Waals surface area contributed by atoms with Gasteiger partial charge in [0.2, 0.25) is 0 Å². The van der Waals surface area contributed by atoms with Crippen LogP contribution >= 0.6 is 0 Å². The summed E-state index contributed by atoms with van der Waals surface area (Å²) in [6.07, 6.45) is 3.22. The van der Waals surface area contributed by atoms with Gasteiger partial charge in [-0.2, -0.15) is 0 Å². The molecule has 0 unspecified atom stereocenters. The molecule has 114 valence electrons. The highest BCUT2D eigenvalue weighted by Crippen LogP contribution is 2.39. The van der Waals surface area contributed by atoms with Crippen LogP contribution in [0.4, 0.5) is 0 Å². The standard InChI is InChI=1S/C16H23N3O2/c1-15(2)8-10(17)9-16(3,4)19(15)14(20)12-7-13-11(18-12)5-6-21-13/h5-7,10,18H,8-9,17H2,1-4H3. The van der Waals surface area contributed by atoms with Crippen LogP contribution < -0.4 is 5.73 Å². The number of nitrogens with zero attached hydrogens (tertiary/aromatic N) is 1. The average Bonchev–Trinajstić information content (AvgIpc) is 2.83. The summed E-state index contributed by atoms with van der Waals surface area (Å²) < 4.78 is 5.34. The lowest BCUT2D eigenvalue weighted by molar-refractivity contribution is -0.0175. The van der Waals surface area contributed by atoms with Gasteiger partial charge < -0.3 is 20.0 Å². The molecule has 1 saturated heterocycles. The molecule has 0 bridgehead atoms. The van der Waals surface area contributed by atoms with Crippen molar-refractivity contribution in [1.29, 1.82) is 0 Å². The van der Waals surface area contributed by atoms with Gasteiger partial charge in [0.25, 0.3) is 5.91 Å². The highest BCUT2D eigenvalue weighted by Gasteiger charge is 2.47. The number of hydrogen-bond donors (Lipinski definition) is 2. The van der Waals surface area contributed by atoms with Gasteiger partial charge in [-0.3, -0.25) is 4.79 Å².